The Morgan fingerprint density at radius 3 is 2.57 bits per heavy atom. The molecule has 0 spiro atoms. The van der Waals surface area contributed by atoms with Gasteiger partial charge in [0.05, 0.1) is 28.4 Å². The molecule has 3 nitrogen and oxygen atoms in total. The summed E-state index contributed by atoms with van der Waals surface area (Å²) < 4.78 is 14.3. The van der Waals surface area contributed by atoms with Gasteiger partial charge in [-0.1, -0.05) is 30.3 Å². The molecule has 0 saturated carbocycles. The van der Waals surface area contributed by atoms with Crippen molar-refractivity contribution in [3.05, 3.63) is 63.9 Å². The van der Waals surface area contributed by atoms with Crippen molar-refractivity contribution < 1.29 is 9.50 Å². The van der Waals surface area contributed by atoms with Gasteiger partial charge in [0, 0.05) is 0 Å². The number of halogens is 2. The fourth-order valence-electron chi connectivity index (χ4n) is 2.03. The van der Waals surface area contributed by atoms with Crippen LogP contribution in [0.4, 0.5) is 10.1 Å². The summed E-state index contributed by atoms with van der Waals surface area (Å²) in [5.41, 5.74) is 1.55. The van der Waals surface area contributed by atoms with Gasteiger partial charge in [-0.25, -0.2) is 4.39 Å². The molecule has 0 aromatic heterocycles. The molecular weight excluding hydrogens is 335 g/mol. The van der Waals surface area contributed by atoms with E-state index in [0.717, 1.165) is 5.56 Å². The molecule has 1 atom stereocenters. The van der Waals surface area contributed by atoms with E-state index < -0.39 is 5.82 Å². The zero-order valence-electron chi connectivity index (χ0n) is 11.2. The molecule has 5 heteroatoms. The summed E-state index contributed by atoms with van der Waals surface area (Å²) >= 11 is 3.07. The second-order valence-corrected chi connectivity index (χ2v) is 5.41. The van der Waals surface area contributed by atoms with Gasteiger partial charge in [0.1, 0.15) is 6.07 Å². The van der Waals surface area contributed by atoms with Crippen LogP contribution in [-0.4, -0.2) is 17.8 Å². The summed E-state index contributed by atoms with van der Waals surface area (Å²) in [6.45, 7) is -0.119. The average Bonchev–Trinajstić information content (AvgIpc) is 2.52. The van der Waals surface area contributed by atoms with Crippen molar-refractivity contribution in [1.82, 2.24) is 0 Å². The first-order valence-corrected chi connectivity index (χ1v) is 7.24. The number of nitrogens with one attached hydrogen (secondary N) is 1. The van der Waals surface area contributed by atoms with E-state index in [9.17, 15) is 9.50 Å². The molecule has 0 aliphatic carbocycles. The average molecular weight is 349 g/mol. The third-order valence-corrected chi connectivity index (χ3v) is 3.88. The summed E-state index contributed by atoms with van der Waals surface area (Å²) in [4.78, 5) is 0. The van der Waals surface area contributed by atoms with E-state index in [1.807, 2.05) is 36.4 Å². The number of benzene rings is 2. The van der Waals surface area contributed by atoms with E-state index in [-0.39, 0.29) is 28.4 Å². The van der Waals surface area contributed by atoms with Crippen molar-refractivity contribution in [3.63, 3.8) is 0 Å². The topological polar surface area (TPSA) is 56.0 Å². The third-order valence-electron chi connectivity index (χ3n) is 3.11. The summed E-state index contributed by atoms with van der Waals surface area (Å²) in [5.74, 6) is -0.527. The maximum atomic E-state index is 14.1. The minimum Gasteiger partial charge on any atom is -0.394 e. The minimum atomic E-state index is -0.527. The first-order chi connectivity index (χ1) is 10.2. The van der Waals surface area contributed by atoms with Crippen LogP contribution in [0.3, 0.4) is 0 Å². The number of anilines is 1. The van der Waals surface area contributed by atoms with E-state index >= 15 is 0 Å². The van der Waals surface area contributed by atoms with Gasteiger partial charge in [0.15, 0.2) is 5.82 Å². The maximum Gasteiger partial charge on any atom is 0.161 e. The highest BCUT2D eigenvalue weighted by Crippen LogP contribution is 2.27. The lowest BCUT2D eigenvalue weighted by Crippen LogP contribution is -2.27. The monoisotopic (exact) mass is 348 g/mol. The summed E-state index contributed by atoms with van der Waals surface area (Å²) in [6.07, 6.45) is 0.578. The summed E-state index contributed by atoms with van der Waals surface area (Å²) in [7, 11) is 0. The van der Waals surface area contributed by atoms with Gasteiger partial charge in [-0.05, 0) is 40.0 Å². The Morgan fingerprint density at radius 1 is 1.24 bits per heavy atom. The van der Waals surface area contributed by atoms with Crippen molar-refractivity contribution in [1.29, 1.82) is 5.26 Å². The lowest BCUT2D eigenvalue weighted by Gasteiger charge is -2.18. The highest BCUT2D eigenvalue weighted by Gasteiger charge is 2.15. The van der Waals surface area contributed by atoms with Crippen LogP contribution in [0.25, 0.3) is 0 Å². The predicted molar refractivity (Wildman–Crippen MR) is 83.5 cm³/mol. The number of nitriles is 1. The van der Waals surface area contributed by atoms with Crippen molar-refractivity contribution >= 4 is 21.6 Å². The Morgan fingerprint density at radius 2 is 1.95 bits per heavy atom. The van der Waals surface area contributed by atoms with E-state index in [1.54, 1.807) is 0 Å². The van der Waals surface area contributed by atoms with E-state index in [4.69, 9.17) is 5.26 Å². The Kier molecular flexibility index (Phi) is 5.32. The zero-order valence-corrected chi connectivity index (χ0v) is 12.8. The molecular formula is C16H14BrFN2O. The molecule has 0 fully saturated rings. The number of aliphatic hydroxyl groups is 1. The molecule has 0 saturated heterocycles. The smallest absolute Gasteiger partial charge is 0.161 e. The largest absolute Gasteiger partial charge is 0.394 e. The minimum absolute atomic E-state index is 0.119. The summed E-state index contributed by atoms with van der Waals surface area (Å²) in [6, 6.07) is 14.3. The highest BCUT2D eigenvalue weighted by molar-refractivity contribution is 9.10. The normalized spacial score (nSPS) is 11.7. The van der Waals surface area contributed by atoms with Crippen LogP contribution < -0.4 is 5.32 Å². The fourth-order valence-corrected chi connectivity index (χ4v) is 2.46. The first-order valence-electron chi connectivity index (χ1n) is 6.45. The molecule has 1 unspecified atom stereocenters. The van der Waals surface area contributed by atoms with Crippen LogP contribution >= 0.6 is 15.9 Å². The molecule has 0 amide bonds. The molecule has 21 heavy (non-hydrogen) atoms. The molecule has 0 heterocycles. The molecule has 2 aromatic carbocycles. The fraction of sp³-hybridized carbons (Fsp3) is 0.188. The molecule has 108 valence electrons. The van der Waals surface area contributed by atoms with Crippen LogP contribution in [-0.2, 0) is 6.42 Å². The number of rotatable bonds is 5. The first kappa shape index (κ1) is 15.5. The van der Waals surface area contributed by atoms with Crippen LogP contribution in [0.5, 0.6) is 0 Å². The predicted octanol–water partition coefficient (Wildman–Crippen LogP) is 3.48. The molecule has 0 radical (unpaired) electrons. The molecule has 2 rings (SSSR count). The quantitative estimate of drug-likeness (QED) is 0.869. The Hall–Kier alpha value is -1.90. The van der Waals surface area contributed by atoms with Gasteiger partial charge in [0.25, 0.3) is 0 Å². The van der Waals surface area contributed by atoms with Crippen LogP contribution in [0, 0.1) is 17.1 Å². The van der Waals surface area contributed by atoms with E-state index in [1.165, 1.54) is 12.1 Å². The molecule has 2 aromatic rings. The Labute approximate surface area is 131 Å². The highest BCUT2D eigenvalue weighted by atomic mass is 79.9. The van der Waals surface area contributed by atoms with Crippen molar-refractivity contribution in [2.75, 3.05) is 11.9 Å². The molecule has 2 N–H and O–H groups in total. The standard InChI is InChI=1S/C16H14BrFN2O/c17-15-12(9-19)6-7-14(16(15)18)20-13(10-21)8-11-4-2-1-3-5-11/h1-7,13,20-21H,8,10H2. The number of nitrogens with zero attached hydrogens (tertiary/aromatic N) is 1. The summed E-state index contributed by atoms with van der Waals surface area (Å²) in [5, 5.41) is 21.3. The molecule has 0 aliphatic heterocycles. The van der Waals surface area contributed by atoms with Crippen LogP contribution in [0.1, 0.15) is 11.1 Å². The third kappa shape index (κ3) is 3.81. The van der Waals surface area contributed by atoms with Crippen LogP contribution in [0.2, 0.25) is 0 Å². The number of aliphatic hydroxyl groups excluding tert-OH is 1. The maximum absolute atomic E-state index is 14.1. The van der Waals surface area contributed by atoms with Crippen molar-refractivity contribution in [3.8, 4) is 6.07 Å². The van der Waals surface area contributed by atoms with Crippen molar-refractivity contribution in [2.24, 2.45) is 0 Å². The second kappa shape index (κ2) is 7.21. The van der Waals surface area contributed by atoms with Gasteiger partial charge >= 0.3 is 0 Å². The van der Waals surface area contributed by atoms with Crippen molar-refractivity contribution in [2.45, 2.75) is 12.5 Å². The molecule has 0 aliphatic rings. The van der Waals surface area contributed by atoms with E-state index in [0.29, 0.717) is 6.42 Å². The Bertz CT molecular complexity index is 655. The number of hydrogen-bond donors (Lipinski definition) is 2. The lowest BCUT2D eigenvalue weighted by atomic mass is 10.1. The van der Waals surface area contributed by atoms with Crippen LogP contribution in [0.15, 0.2) is 46.9 Å². The zero-order chi connectivity index (χ0) is 15.2. The number of hydrogen-bond acceptors (Lipinski definition) is 3. The second-order valence-electron chi connectivity index (χ2n) is 4.61. The SMILES string of the molecule is N#Cc1ccc(NC(CO)Cc2ccccc2)c(F)c1Br. The van der Waals surface area contributed by atoms with E-state index in [2.05, 4.69) is 21.2 Å². The molecule has 0 bridgehead atoms. The lowest BCUT2D eigenvalue weighted by molar-refractivity contribution is 0.273. The Balaban J connectivity index is 2.16. The van der Waals surface area contributed by atoms with Gasteiger partial charge < -0.3 is 10.4 Å². The van der Waals surface area contributed by atoms with Gasteiger partial charge in [-0.2, -0.15) is 5.26 Å². The van der Waals surface area contributed by atoms with Gasteiger partial charge in [0.2, 0.25) is 0 Å². The van der Waals surface area contributed by atoms with Gasteiger partial charge in [-0.15, -0.1) is 0 Å². The van der Waals surface area contributed by atoms with Gasteiger partial charge in [-0.3, -0.25) is 0 Å².